The first-order valence-electron chi connectivity index (χ1n) is 7.91. The van der Waals surface area contributed by atoms with E-state index in [4.69, 9.17) is 0 Å². The van der Waals surface area contributed by atoms with Crippen LogP contribution in [-0.4, -0.2) is 11.0 Å². The van der Waals surface area contributed by atoms with Crippen LogP contribution < -0.4 is 5.32 Å². The maximum Gasteiger partial charge on any atom is 0.0901 e. The van der Waals surface area contributed by atoms with Crippen molar-refractivity contribution in [2.45, 2.75) is 46.1 Å². The first kappa shape index (κ1) is 14.6. The number of nitrogens with one attached hydrogen (secondary N) is 1. The molecule has 0 radical (unpaired) electrons. The van der Waals surface area contributed by atoms with E-state index >= 15 is 0 Å². The van der Waals surface area contributed by atoms with Gasteiger partial charge in [0.25, 0.3) is 0 Å². The maximum atomic E-state index is 4.59. The predicted octanol–water partition coefficient (Wildman–Crippen LogP) is 5.36. The summed E-state index contributed by atoms with van der Waals surface area (Å²) in [5.41, 5.74) is 3.52. The Kier molecular flexibility index (Phi) is 4.29. The van der Waals surface area contributed by atoms with E-state index in [-0.39, 0.29) is 0 Å². The number of aromatic nitrogens is 1. The number of benzene rings is 1. The molecule has 1 fully saturated rings. The summed E-state index contributed by atoms with van der Waals surface area (Å²) in [4.78, 5) is 4.59. The highest BCUT2D eigenvalue weighted by molar-refractivity contribution is 7.09. The van der Waals surface area contributed by atoms with Gasteiger partial charge in [0.2, 0.25) is 0 Å². The first-order chi connectivity index (χ1) is 10.1. The van der Waals surface area contributed by atoms with Gasteiger partial charge in [-0.1, -0.05) is 32.4 Å². The summed E-state index contributed by atoms with van der Waals surface area (Å²) in [5.74, 6) is 1.59. The van der Waals surface area contributed by atoms with Crippen LogP contribution in [0, 0.1) is 18.8 Å². The molecule has 3 atom stereocenters. The van der Waals surface area contributed by atoms with Crippen LogP contribution in [0.3, 0.4) is 0 Å². The molecule has 21 heavy (non-hydrogen) atoms. The molecule has 3 rings (SSSR count). The molecule has 0 amide bonds. The number of nitrogens with zero attached hydrogens (tertiary/aromatic N) is 1. The van der Waals surface area contributed by atoms with E-state index in [1.165, 1.54) is 30.5 Å². The van der Waals surface area contributed by atoms with Gasteiger partial charge in [-0.05, 0) is 43.7 Å². The van der Waals surface area contributed by atoms with Gasteiger partial charge < -0.3 is 5.32 Å². The van der Waals surface area contributed by atoms with Crippen molar-refractivity contribution in [3.05, 3.63) is 34.7 Å². The van der Waals surface area contributed by atoms with Crippen LogP contribution in [0.5, 0.6) is 0 Å². The van der Waals surface area contributed by atoms with Crippen LogP contribution in [0.25, 0.3) is 11.3 Å². The van der Waals surface area contributed by atoms with E-state index < -0.39 is 0 Å². The molecule has 1 aliphatic carbocycles. The van der Waals surface area contributed by atoms with Crippen LogP contribution in [0.15, 0.2) is 29.6 Å². The Morgan fingerprint density at radius 2 is 2.10 bits per heavy atom. The van der Waals surface area contributed by atoms with Gasteiger partial charge in [-0.2, -0.15) is 0 Å². The number of anilines is 1. The Morgan fingerprint density at radius 3 is 2.86 bits per heavy atom. The smallest absolute Gasteiger partial charge is 0.0901 e. The molecule has 0 aliphatic heterocycles. The summed E-state index contributed by atoms with van der Waals surface area (Å²) in [5, 5.41) is 7.02. The normalized spacial score (nSPS) is 25.8. The predicted molar refractivity (Wildman–Crippen MR) is 91.9 cm³/mol. The highest BCUT2D eigenvalue weighted by atomic mass is 32.1. The third kappa shape index (κ3) is 3.46. The zero-order chi connectivity index (χ0) is 14.8. The molecule has 0 bridgehead atoms. The van der Waals surface area contributed by atoms with Gasteiger partial charge in [-0.3, -0.25) is 0 Å². The molecule has 1 saturated carbocycles. The van der Waals surface area contributed by atoms with E-state index in [9.17, 15) is 0 Å². The Labute approximate surface area is 131 Å². The van der Waals surface area contributed by atoms with E-state index in [1.54, 1.807) is 11.3 Å². The van der Waals surface area contributed by atoms with Gasteiger partial charge in [0.1, 0.15) is 0 Å². The third-order valence-electron chi connectivity index (χ3n) is 4.59. The van der Waals surface area contributed by atoms with Crippen LogP contribution >= 0.6 is 11.3 Å². The average molecular weight is 300 g/mol. The van der Waals surface area contributed by atoms with Crippen molar-refractivity contribution in [2.75, 3.05) is 5.32 Å². The molecule has 3 unspecified atom stereocenters. The minimum Gasteiger partial charge on any atom is -0.382 e. The molecule has 1 heterocycles. The second-order valence-corrected chi connectivity index (χ2v) is 7.54. The quantitative estimate of drug-likeness (QED) is 0.826. The first-order valence-corrected chi connectivity index (χ1v) is 8.79. The maximum absolute atomic E-state index is 4.59. The number of rotatable bonds is 3. The van der Waals surface area contributed by atoms with E-state index in [2.05, 4.69) is 60.7 Å². The minimum absolute atomic E-state index is 0.598. The summed E-state index contributed by atoms with van der Waals surface area (Å²) in [6, 6.07) is 9.28. The van der Waals surface area contributed by atoms with Crippen LogP contribution in [0.4, 0.5) is 5.69 Å². The number of thiazole rings is 1. The molecule has 1 aromatic carbocycles. The highest BCUT2D eigenvalue weighted by Gasteiger charge is 2.25. The Morgan fingerprint density at radius 1 is 1.24 bits per heavy atom. The number of aryl methyl sites for hydroxylation is 1. The van der Waals surface area contributed by atoms with Crippen molar-refractivity contribution in [3.8, 4) is 11.3 Å². The van der Waals surface area contributed by atoms with Gasteiger partial charge in [-0.25, -0.2) is 4.98 Å². The van der Waals surface area contributed by atoms with Gasteiger partial charge in [0.05, 0.1) is 10.7 Å². The molecule has 1 N–H and O–H groups in total. The standard InChI is InChI=1S/C18H24N2S/c1-12-7-8-13(2)17(9-12)20-16-6-4-5-15(10-16)18-11-21-14(3)19-18/h4-6,10-13,17,20H,7-9H2,1-3H3. The molecule has 3 heteroatoms. The van der Waals surface area contributed by atoms with Gasteiger partial charge in [0, 0.05) is 22.7 Å². The summed E-state index contributed by atoms with van der Waals surface area (Å²) in [6.45, 7) is 6.80. The fourth-order valence-electron chi connectivity index (χ4n) is 3.21. The van der Waals surface area contributed by atoms with Crippen molar-refractivity contribution >= 4 is 17.0 Å². The van der Waals surface area contributed by atoms with Crippen LogP contribution in [0.2, 0.25) is 0 Å². The van der Waals surface area contributed by atoms with E-state index in [0.29, 0.717) is 6.04 Å². The summed E-state index contributed by atoms with van der Waals surface area (Å²) < 4.78 is 0. The van der Waals surface area contributed by atoms with Crippen molar-refractivity contribution in [1.29, 1.82) is 0 Å². The van der Waals surface area contributed by atoms with Gasteiger partial charge in [0.15, 0.2) is 0 Å². The molecule has 0 saturated heterocycles. The molecule has 2 nitrogen and oxygen atoms in total. The van der Waals surface area contributed by atoms with Gasteiger partial charge >= 0.3 is 0 Å². The zero-order valence-corrected chi connectivity index (χ0v) is 13.9. The monoisotopic (exact) mass is 300 g/mol. The second kappa shape index (κ2) is 6.18. The van der Waals surface area contributed by atoms with Crippen molar-refractivity contribution in [1.82, 2.24) is 4.98 Å². The SMILES string of the molecule is Cc1nc(-c2cccc(NC3CC(C)CCC3C)c2)cs1. The largest absolute Gasteiger partial charge is 0.382 e. The van der Waals surface area contributed by atoms with Crippen LogP contribution in [-0.2, 0) is 0 Å². The Balaban J connectivity index is 1.77. The number of hydrogen-bond donors (Lipinski definition) is 1. The molecular formula is C18H24N2S. The van der Waals surface area contributed by atoms with Crippen molar-refractivity contribution in [2.24, 2.45) is 11.8 Å². The van der Waals surface area contributed by atoms with E-state index in [1.807, 2.05) is 0 Å². The lowest BCUT2D eigenvalue weighted by atomic mass is 9.80. The lowest BCUT2D eigenvalue weighted by molar-refractivity contribution is 0.281. The summed E-state index contributed by atoms with van der Waals surface area (Å²) in [6.07, 6.45) is 3.99. The lowest BCUT2D eigenvalue weighted by Gasteiger charge is -2.34. The zero-order valence-electron chi connectivity index (χ0n) is 13.1. The van der Waals surface area contributed by atoms with E-state index in [0.717, 1.165) is 22.5 Å². The topological polar surface area (TPSA) is 24.9 Å². The fraction of sp³-hybridized carbons (Fsp3) is 0.500. The van der Waals surface area contributed by atoms with Gasteiger partial charge in [-0.15, -0.1) is 11.3 Å². The Hall–Kier alpha value is -1.35. The molecule has 112 valence electrons. The molecule has 1 aromatic heterocycles. The molecular weight excluding hydrogens is 276 g/mol. The lowest BCUT2D eigenvalue weighted by Crippen LogP contribution is -2.33. The van der Waals surface area contributed by atoms with Crippen LogP contribution in [0.1, 0.15) is 38.1 Å². The minimum atomic E-state index is 0.598. The van der Waals surface area contributed by atoms with Crippen molar-refractivity contribution in [3.63, 3.8) is 0 Å². The highest BCUT2D eigenvalue weighted by Crippen LogP contribution is 2.31. The summed E-state index contributed by atoms with van der Waals surface area (Å²) in [7, 11) is 0. The molecule has 0 spiro atoms. The summed E-state index contributed by atoms with van der Waals surface area (Å²) >= 11 is 1.71. The molecule has 2 aromatic rings. The Bertz CT molecular complexity index is 605. The van der Waals surface area contributed by atoms with Crippen molar-refractivity contribution < 1.29 is 0 Å². The number of hydrogen-bond acceptors (Lipinski definition) is 3. The molecule has 1 aliphatic rings. The third-order valence-corrected chi connectivity index (χ3v) is 5.36. The second-order valence-electron chi connectivity index (χ2n) is 6.48. The average Bonchev–Trinajstić information content (AvgIpc) is 2.90. The fourth-order valence-corrected chi connectivity index (χ4v) is 3.83.